The van der Waals surface area contributed by atoms with E-state index in [9.17, 15) is 9.18 Å². The van der Waals surface area contributed by atoms with Gasteiger partial charge in [0.2, 0.25) is 5.91 Å². The predicted octanol–water partition coefficient (Wildman–Crippen LogP) is 2.49. The molecule has 0 spiro atoms. The Labute approximate surface area is 166 Å². The molecule has 2 heterocycles. The molecule has 1 amide bonds. The fraction of sp³-hybridized carbons (Fsp3) is 0.524. The van der Waals surface area contributed by atoms with Crippen molar-refractivity contribution in [1.82, 2.24) is 19.6 Å². The molecule has 6 nitrogen and oxygen atoms in total. The minimum Gasteiger partial charge on any atom is -0.368 e. The van der Waals surface area contributed by atoms with Crippen LogP contribution in [0.4, 0.5) is 4.39 Å². The van der Waals surface area contributed by atoms with Gasteiger partial charge in [-0.05, 0) is 56.6 Å². The summed E-state index contributed by atoms with van der Waals surface area (Å²) >= 11 is 0. The van der Waals surface area contributed by atoms with Crippen LogP contribution in [0.15, 0.2) is 36.7 Å². The topological polar surface area (TPSA) is 67.4 Å². The molecule has 0 bridgehead atoms. The molecule has 28 heavy (non-hydrogen) atoms. The van der Waals surface area contributed by atoms with Gasteiger partial charge in [-0.25, -0.2) is 4.39 Å². The van der Waals surface area contributed by atoms with Crippen molar-refractivity contribution in [2.24, 2.45) is 18.7 Å². The third-order valence-electron chi connectivity index (χ3n) is 5.75. The highest BCUT2D eigenvalue weighted by molar-refractivity contribution is 5.81. The van der Waals surface area contributed by atoms with Crippen molar-refractivity contribution < 1.29 is 9.18 Å². The number of halogens is 1. The molecular formula is C21H30FN5O. The Morgan fingerprint density at radius 2 is 2.11 bits per heavy atom. The third-order valence-corrected chi connectivity index (χ3v) is 5.75. The van der Waals surface area contributed by atoms with Crippen molar-refractivity contribution in [1.29, 1.82) is 0 Å². The first-order chi connectivity index (χ1) is 13.4. The smallest absolute Gasteiger partial charge is 0.239 e. The highest BCUT2D eigenvalue weighted by Gasteiger charge is 2.35. The summed E-state index contributed by atoms with van der Waals surface area (Å²) in [5, 5.41) is 4.36. The molecule has 1 saturated heterocycles. The molecule has 1 aromatic carbocycles. The summed E-state index contributed by atoms with van der Waals surface area (Å²) in [6.45, 7) is 4.94. The maximum Gasteiger partial charge on any atom is 0.239 e. The molecule has 7 heteroatoms. The molecule has 3 rings (SSSR count). The lowest BCUT2D eigenvalue weighted by molar-refractivity contribution is -0.123. The summed E-state index contributed by atoms with van der Waals surface area (Å²) in [6.07, 6.45) is 6.23. The molecule has 1 fully saturated rings. The van der Waals surface area contributed by atoms with Crippen molar-refractivity contribution in [3.05, 3.63) is 53.6 Å². The zero-order valence-electron chi connectivity index (χ0n) is 16.9. The minimum atomic E-state index is -0.577. The number of hydrogen-bond donors (Lipinski definition) is 1. The van der Waals surface area contributed by atoms with Crippen LogP contribution in [-0.2, 0) is 11.8 Å². The number of carbonyl (C=O) groups is 1. The summed E-state index contributed by atoms with van der Waals surface area (Å²) in [4.78, 5) is 16.7. The van der Waals surface area contributed by atoms with E-state index in [2.05, 4.69) is 23.1 Å². The molecule has 2 N–H and O–H groups in total. The average Bonchev–Trinajstić information content (AvgIpc) is 3.09. The van der Waals surface area contributed by atoms with E-state index >= 15 is 0 Å². The SMILES string of the molecule is CCN1CCC[C@@H](CN(C)C(C(N)=O)c2ccc(F)cc2)[C@@H]1c1cnn(C)c1. The molecule has 1 unspecified atom stereocenters. The quantitative estimate of drug-likeness (QED) is 0.793. The fourth-order valence-electron chi connectivity index (χ4n) is 4.53. The normalized spacial score (nSPS) is 21.8. The van der Waals surface area contributed by atoms with E-state index < -0.39 is 11.9 Å². The summed E-state index contributed by atoms with van der Waals surface area (Å²) in [6, 6.07) is 5.70. The molecule has 0 aliphatic carbocycles. The molecule has 1 aliphatic heterocycles. The number of primary amides is 1. The van der Waals surface area contributed by atoms with Gasteiger partial charge in [0.25, 0.3) is 0 Å². The number of aryl methyl sites for hydroxylation is 1. The summed E-state index contributed by atoms with van der Waals surface area (Å²) < 4.78 is 15.1. The lowest BCUT2D eigenvalue weighted by Crippen LogP contribution is -2.45. The number of benzene rings is 1. The molecule has 1 aliphatic rings. The first-order valence-corrected chi connectivity index (χ1v) is 9.88. The van der Waals surface area contributed by atoms with E-state index in [0.29, 0.717) is 5.92 Å². The van der Waals surface area contributed by atoms with Crippen LogP contribution in [0.25, 0.3) is 0 Å². The van der Waals surface area contributed by atoms with Gasteiger partial charge in [-0.2, -0.15) is 5.10 Å². The van der Waals surface area contributed by atoms with Gasteiger partial charge in [-0.1, -0.05) is 19.1 Å². The summed E-state index contributed by atoms with van der Waals surface area (Å²) in [7, 11) is 3.85. The second kappa shape index (κ2) is 8.84. The zero-order valence-corrected chi connectivity index (χ0v) is 16.9. The second-order valence-electron chi connectivity index (χ2n) is 7.72. The van der Waals surface area contributed by atoms with E-state index in [1.807, 2.05) is 29.9 Å². The molecule has 1 aromatic heterocycles. The van der Waals surface area contributed by atoms with Crippen LogP contribution in [0, 0.1) is 11.7 Å². The van der Waals surface area contributed by atoms with Crippen molar-refractivity contribution >= 4 is 5.91 Å². The Bertz CT molecular complexity index is 790. The minimum absolute atomic E-state index is 0.261. The predicted molar refractivity (Wildman–Crippen MR) is 107 cm³/mol. The van der Waals surface area contributed by atoms with Gasteiger partial charge >= 0.3 is 0 Å². The Balaban J connectivity index is 1.83. The van der Waals surface area contributed by atoms with Gasteiger partial charge in [-0.3, -0.25) is 19.3 Å². The van der Waals surface area contributed by atoms with E-state index in [-0.39, 0.29) is 11.9 Å². The Kier molecular flexibility index (Phi) is 6.46. The Morgan fingerprint density at radius 3 is 2.68 bits per heavy atom. The first kappa shape index (κ1) is 20.5. The fourth-order valence-corrected chi connectivity index (χ4v) is 4.53. The number of nitrogens with zero attached hydrogens (tertiary/aromatic N) is 4. The zero-order chi connectivity index (χ0) is 20.3. The first-order valence-electron chi connectivity index (χ1n) is 9.88. The van der Waals surface area contributed by atoms with Crippen molar-refractivity contribution in [3.63, 3.8) is 0 Å². The number of carbonyl (C=O) groups excluding carboxylic acids is 1. The number of likely N-dealkylation sites (tertiary alicyclic amines) is 1. The maximum atomic E-state index is 13.3. The third kappa shape index (κ3) is 4.42. The van der Waals surface area contributed by atoms with E-state index in [4.69, 9.17) is 5.73 Å². The molecule has 152 valence electrons. The molecule has 0 radical (unpaired) electrons. The lowest BCUT2D eigenvalue weighted by atomic mass is 9.85. The largest absolute Gasteiger partial charge is 0.368 e. The molecule has 3 atom stereocenters. The van der Waals surface area contributed by atoms with Crippen LogP contribution in [-0.4, -0.2) is 52.2 Å². The monoisotopic (exact) mass is 387 g/mol. The van der Waals surface area contributed by atoms with Gasteiger partial charge in [0.05, 0.1) is 6.20 Å². The highest BCUT2D eigenvalue weighted by atomic mass is 19.1. The number of likely N-dealkylation sites (N-methyl/N-ethyl adjacent to an activating group) is 1. The van der Waals surface area contributed by atoms with Gasteiger partial charge in [0, 0.05) is 31.4 Å². The van der Waals surface area contributed by atoms with Crippen molar-refractivity contribution in [2.75, 3.05) is 26.7 Å². The van der Waals surface area contributed by atoms with Crippen molar-refractivity contribution in [3.8, 4) is 0 Å². The van der Waals surface area contributed by atoms with Crippen molar-refractivity contribution in [2.45, 2.75) is 31.8 Å². The molecule has 0 saturated carbocycles. The van der Waals surface area contributed by atoms with Gasteiger partial charge in [-0.15, -0.1) is 0 Å². The number of nitrogens with two attached hydrogens (primary N) is 1. The number of amides is 1. The number of aromatic nitrogens is 2. The van der Waals surface area contributed by atoms with Crippen LogP contribution in [0.5, 0.6) is 0 Å². The number of rotatable bonds is 7. The Morgan fingerprint density at radius 1 is 1.39 bits per heavy atom. The van der Waals surface area contributed by atoms with Crippen LogP contribution < -0.4 is 5.73 Å². The standard InChI is InChI=1S/C21H30FN5O/c1-4-27-11-5-6-16(19(27)17-12-24-26(3)14-17)13-25(2)20(21(23)28)15-7-9-18(22)10-8-15/h7-10,12,14,16,19-20H,4-6,11,13H2,1-3H3,(H2,23,28)/t16-,19+,20?/m0/s1. The van der Waals surface area contributed by atoms with E-state index in [1.54, 1.807) is 12.1 Å². The van der Waals surface area contributed by atoms with Gasteiger partial charge in [0.1, 0.15) is 11.9 Å². The van der Waals surface area contributed by atoms with Gasteiger partial charge < -0.3 is 5.73 Å². The highest BCUT2D eigenvalue weighted by Crippen LogP contribution is 2.37. The maximum absolute atomic E-state index is 13.3. The van der Waals surface area contributed by atoms with Crippen LogP contribution in [0.3, 0.4) is 0 Å². The Hall–Kier alpha value is -2.25. The van der Waals surface area contributed by atoms with E-state index in [0.717, 1.165) is 38.0 Å². The van der Waals surface area contributed by atoms with Crippen LogP contribution in [0.1, 0.15) is 43.0 Å². The number of hydrogen-bond acceptors (Lipinski definition) is 4. The van der Waals surface area contributed by atoms with Gasteiger partial charge in [0.15, 0.2) is 0 Å². The number of piperidine rings is 1. The second-order valence-corrected chi connectivity index (χ2v) is 7.72. The summed E-state index contributed by atoms with van der Waals surface area (Å²) in [5.74, 6) is -0.391. The van der Waals surface area contributed by atoms with Crippen LogP contribution in [0.2, 0.25) is 0 Å². The summed E-state index contributed by atoms with van der Waals surface area (Å²) in [5.41, 5.74) is 7.65. The molecule has 2 aromatic rings. The lowest BCUT2D eigenvalue weighted by Gasteiger charge is -2.42. The van der Waals surface area contributed by atoms with E-state index in [1.165, 1.54) is 17.7 Å². The molecular weight excluding hydrogens is 357 g/mol. The average molecular weight is 388 g/mol. The van der Waals surface area contributed by atoms with Crippen LogP contribution >= 0.6 is 0 Å².